The Morgan fingerprint density at radius 1 is 1.23 bits per heavy atom. The van der Waals surface area contributed by atoms with Crippen molar-refractivity contribution in [2.45, 2.75) is 6.10 Å². The number of carbonyl (C=O) groups is 1. The van der Waals surface area contributed by atoms with E-state index in [0.29, 0.717) is 12.3 Å². The van der Waals surface area contributed by atoms with Crippen molar-refractivity contribution in [1.29, 1.82) is 0 Å². The minimum absolute atomic E-state index is 0.336. The maximum atomic E-state index is 12.5. The smallest absolute Gasteiger partial charge is 0.360 e. The highest BCUT2D eigenvalue weighted by atomic mass is 16.6. The second-order valence-corrected chi connectivity index (χ2v) is 5.23. The standard InChI is InChI=1S/C17H14N2O3/c1-19-13-8-4-2-6-11(13)16(18-19)17(20)22-15-10-21-14-9-5-3-7-12(14)15/h2-9,15H,10H2,1H3. The number of para-hydroxylation sites is 2. The molecule has 0 saturated carbocycles. The zero-order valence-corrected chi connectivity index (χ0v) is 12.0. The zero-order valence-electron chi connectivity index (χ0n) is 12.0. The molecule has 1 aliphatic rings. The molecule has 2 heterocycles. The van der Waals surface area contributed by atoms with Gasteiger partial charge in [0.25, 0.3) is 0 Å². The van der Waals surface area contributed by atoms with Crippen molar-refractivity contribution in [3.63, 3.8) is 0 Å². The largest absolute Gasteiger partial charge is 0.489 e. The van der Waals surface area contributed by atoms with Gasteiger partial charge < -0.3 is 9.47 Å². The van der Waals surface area contributed by atoms with Crippen molar-refractivity contribution in [3.05, 3.63) is 59.8 Å². The number of aryl methyl sites for hydroxylation is 1. The molecular formula is C17H14N2O3. The van der Waals surface area contributed by atoms with Crippen LogP contribution in [0.4, 0.5) is 0 Å². The van der Waals surface area contributed by atoms with Crippen LogP contribution in [0.15, 0.2) is 48.5 Å². The molecule has 0 radical (unpaired) electrons. The van der Waals surface area contributed by atoms with Crippen LogP contribution in [-0.2, 0) is 11.8 Å². The molecule has 0 bridgehead atoms. The molecule has 1 aromatic heterocycles. The van der Waals surface area contributed by atoms with Crippen LogP contribution < -0.4 is 4.74 Å². The van der Waals surface area contributed by atoms with Crippen molar-refractivity contribution in [1.82, 2.24) is 9.78 Å². The van der Waals surface area contributed by atoms with Gasteiger partial charge in [0.1, 0.15) is 12.4 Å². The van der Waals surface area contributed by atoms with Crippen LogP contribution in [0.2, 0.25) is 0 Å². The summed E-state index contributed by atoms with van der Waals surface area (Å²) in [6.07, 6.45) is -0.385. The van der Waals surface area contributed by atoms with E-state index in [4.69, 9.17) is 9.47 Å². The minimum Gasteiger partial charge on any atom is -0.489 e. The first-order valence-electron chi connectivity index (χ1n) is 7.08. The average Bonchev–Trinajstić information content (AvgIpc) is 3.10. The third-order valence-corrected chi connectivity index (χ3v) is 3.86. The van der Waals surface area contributed by atoms with E-state index in [1.165, 1.54) is 0 Å². The Bertz CT molecular complexity index is 869. The number of benzene rings is 2. The molecule has 0 aliphatic carbocycles. The van der Waals surface area contributed by atoms with Gasteiger partial charge in [0.05, 0.1) is 5.52 Å². The summed E-state index contributed by atoms with van der Waals surface area (Å²) in [7, 11) is 1.81. The van der Waals surface area contributed by atoms with E-state index in [0.717, 1.165) is 22.2 Å². The van der Waals surface area contributed by atoms with E-state index in [2.05, 4.69) is 5.10 Å². The Labute approximate surface area is 127 Å². The molecule has 0 saturated heterocycles. The van der Waals surface area contributed by atoms with Gasteiger partial charge in [-0.15, -0.1) is 0 Å². The van der Waals surface area contributed by atoms with E-state index in [-0.39, 0.29) is 6.10 Å². The molecule has 1 atom stereocenters. The van der Waals surface area contributed by atoms with Crippen molar-refractivity contribution >= 4 is 16.9 Å². The fourth-order valence-corrected chi connectivity index (χ4v) is 2.78. The number of nitrogens with zero attached hydrogens (tertiary/aromatic N) is 2. The lowest BCUT2D eigenvalue weighted by atomic mass is 10.1. The fourth-order valence-electron chi connectivity index (χ4n) is 2.78. The first-order valence-corrected chi connectivity index (χ1v) is 7.08. The lowest BCUT2D eigenvalue weighted by molar-refractivity contribution is 0.0243. The Morgan fingerprint density at radius 2 is 2.00 bits per heavy atom. The van der Waals surface area contributed by atoms with Crippen LogP contribution in [0, 0.1) is 0 Å². The SMILES string of the molecule is Cn1nc(C(=O)OC2COc3ccccc32)c2ccccc21. The normalized spacial score (nSPS) is 16.3. The minimum atomic E-state index is -0.429. The van der Waals surface area contributed by atoms with Gasteiger partial charge in [-0.05, 0) is 12.1 Å². The number of rotatable bonds is 2. The average molecular weight is 294 g/mol. The lowest BCUT2D eigenvalue weighted by Crippen LogP contribution is -2.13. The number of ether oxygens (including phenoxy) is 2. The van der Waals surface area contributed by atoms with E-state index in [1.807, 2.05) is 55.6 Å². The van der Waals surface area contributed by atoms with Gasteiger partial charge in [-0.2, -0.15) is 5.10 Å². The Morgan fingerprint density at radius 3 is 2.91 bits per heavy atom. The molecule has 3 aromatic rings. The second kappa shape index (κ2) is 4.87. The second-order valence-electron chi connectivity index (χ2n) is 5.23. The van der Waals surface area contributed by atoms with E-state index in [9.17, 15) is 4.79 Å². The zero-order chi connectivity index (χ0) is 15.1. The van der Waals surface area contributed by atoms with Gasteiger partial charge in [-0.1, -0.05) is 36.4 Å². The summed E-state index contributed by atoms with van der Waals surface area (Å²) in [6.45, 7) is 0.343. The fraction of sp³-hybridized carbons (Fsp3) is 0.176. The number of hydrogen-bond donors (Lipinski definition) is 0. The Balaban J connectivity index is 1.65. The number of hydrogen-bond acceptors (Lipinski definition) is 4. The molecule has 0 amide bonds. The van der Waals surface area contributed by atoms with Crippen LogP contribution in [0.25, 0.3) is 10.9 Å². The van der Waals surface area contributed by atoms with Crippen LogP contribution in [0.3, 0.4) is 0 Å². The van der Waals surface area contributed by atoms with Crippen molar-refractivity contribution in [3.8, 4) is 5.75 Å². The predicted octanol–water partition coefficient (Wildman–Crippen LogP) is 2.86. The number of fused-ring (bicyclic) bond motifs is 2. The van der Waals surface area contributed by atoms with Crippen LogP contribution >= 0.6 is 0 Å². The summed E-state index contributed by atoms with van der Waals surface area (Å²) in [5.74, 6) is 0.341. The summed E-state index contributed by atoms with van der Waals surface area (Å²) in [5.41, 5.74) is 2.14. The quantitative estimate of drug-likeness (QED) is 0.682. The van der Waals surface area contributed by atoms with Gasteiger partial charge in [0, 0.05) is 18.0 Å². The Hall–Kier alpha value is -2.82. The summed E-state index contributed by atoms with van der Waals surface area (Å²) in [4.78, 5) is 12.5. The molecule has 1 unspecified atom stereocenters. The highest BCUT2D eigenvalue weighted by Crippen LogP contribution is 2.34. The first-order chi connectivity index (χ1) is 10.7. The molecule has 2 aromatic carbocycles. The number of carbonyl (C=O) groups excluding carboxylic acids is 1. The number of esters is 1. The van der Waals surface area contributed by atoms with Gasteiger partial charge in [0.2, 0.25) is 0 Å². The molecule has 4 rings (SSSR count). The summed E-state index contributed by atoms with van der Waals surface area (Å²) in [5, 5.41) is 5.08. The highest BCUT2D eigenvalue weighted by molar-refractivity contribution is 6.02. The van der Waals surface area contributed by atoms with Gasteiger partial charge >= 0.3 is 5.97 Å². The van der Waals surface area contributed by atoms with Gasteiger partial charge in [0.15, 0.2) is 11.8 Å². The molecule has 5 nitrogen and oxygen atoms in total. The third kappa shape index (κ3) is 1.94. The highest BCUT2D eigenvalue weighted by Gasteiger charge is 2.29. The van der Waals surface area contributed by atoms with Crippen LogP contribution in [0.5, 0.6) is 5.75 Å². The molecule has 110 valence electrons. The van der Waals surface area contributed by atoms with Crippen molar-refractivity contribution in [2.24, 2.45) is 7.05 Å². The molecule has 0 spiro atoms. The van der Waals surface area contributed by atoms with Crippen LogP contribution in [-0.4, -0.2) is 22.4 Å². The topological polar surface area (TPSA) is 53.4 Å². The maximum absolute atomic E-state index is 12.5. The summed E-state index contributed by atoms with van der Waals surface area (Å²) in [6, 6.07) is 15.2. The monoisotopic (exact) mass is 294 g/mol. The van der Waals surface area contributed by atoms with E-state index >= 15 is 0 Å². The number of aromatic nitrogens is 2. The van der Waals surface area contributed by atoms with Crippen molar-refractivity contribution < 1.29 is 14.3 Å². The van der Waals surface area contributed by atoms with E-state index in [1.54, 1.807) is 4.68 Å². The molecule has 5 heteroatoms. The Kier molecular flexibility index (Phi) is 2.85. The molecule has 0 fully saturated rings. The molecule has 0 N–H and O–H groups in total. The van der Waals surface area contributed by atoms with E-state index < -0.39 is 5.97 Å². The van der Waals surface area contributed by atoms with Crippen LogP contribution in [0.1, 0.15) is 22.2 Å². The third-order valence-electron chi connectivity index (χ3n) is 3.86. The predicted molar refractivity (Wildman–Crippen MR) is 80.8 cm³/mol. The molecular weight excluding hydrogens is 280 g/mol. The van der Waals surface area contributed by atoms with Gasteiger partial charge in [-0.25, -0.2) is 4.79 Å². The maximum Gasteiger partial charge on any atom is 0.360 e. The van der Waals surface area contributed by atoms with Crippen molar-refractivity contribution in [2.75, 3.05) is 6.61 Å². The first kappa shape index (κ1) is 12.9. The lowest BCUT2D eigenvalue weighted by Gasteiger charge is -2.09. The van der Waals surface area contributed by atoms with Gasteiger partial charge in [-0.3, -0.25) is 4.68 Å². The summed E-state index contributed by atoms with van der Waals surface area (Å²) < 4.78 is 12.8. The summed E-state index contributed by atoms with van der Waals surface area (Å²) >= 11 is 0. The molecule has 1 aliphatic heterocycles. The molecule has 22 heavy (non-hydrogen) atoms.